The summed E-state index contributed by atoms with van der Waals surface area (Å²) >= 11 is 5.85. The van der Waals surface area contributed by atoms with Crippen LogP contribution in [-0.4, -0.2) is 21.0 Å². The van der Waals surface area contributed by atoms with Crippen molar-refractivity contribution >= 4 is 21.6 Å². The minimum absolute atomic E-state index is 0.00101. The van der Waals surface area contributed by atoms with Crippen molar-refractivity contribution in [2.75, 3.05) is 6.54 Å². The van der Waals surface area contributed by atoms with Gasteiger partial charge >= 0.3 is 0 Å². The zero-order chi connectivity index (χ0) is 14.8. The summed E-state index contributed by atoms with van der Waals surface area (Å²) in [7, 11) is -3.86. The van der Waals surface area contributed by atoms with E-state index < -0.39 is 15.8 Å². The fourth-order valence-electron chi connectivity index (χ4n) is 2.64. The maximum absolute atomic E-state index is 13.2. The van der Waals surface area contributed by atoms with E-state index in [0.717, 1.165) is 37.8 Å². The van der Waals surface area contributed by atoms with E-state index in [9.17, 15) is 12.8 Å². The number of halogens is 2. The highest BCUT2D eigenvalue weighted by Crippen LogP contribution is 2.29. The van der Waals surface area contributed by atoms with E-state index in [1.54, 1.807) is 0 Å². The Labute approximate surface area is 123 Å². The number of benzene rings is 1. The highest BCUT2D eigenvalue weighted by molar-refractivity contribution is 7.89. The number of hydrogen-bond acceptors (Lipinski definition) is 3. The first-order valence-electron chi connectivity index (χ1n) is 6.61. The van der Waals surface area contributed by atoms with Crippen molar-refractivity contribution in [2.45, 2.75) is 36.6 Å². The van der Waals surface area contributed by atoms with E-state index in [0.29, 0.717) is 0 Å². The number of sulfonamides is 1. The predicted octanol–water partition coefficient (Wildman–Crippen LogP) is 2.27. The molecule has 0 aromatic heterocycles. The van der Waals surface area contributed by atoms with Crippen LogP contribution in [-0.2, 0) is 10.0 Å². The average Bonchev–Trinajstić information content (AvgIpc) is 2.92. The number of hydrogen-bond donors (Lipinski definition) is 2. The molecule has 7 heteroatoms. The third-order valence-electron chi connectivity index (χ3n) is 3.71. The van der Waals surface area contributed by atoms with Crippen molar-refractivity contribution < 1.29 is 12.8 Å². The molecule has 1 aromatic rings. The Hall–Kier alpha value is -0.690. The number of nitrogens with one attached hydrogen (secondary N) is 1. The average molecular weight is 321 g/mol. The van der Waals surface area contributed by atoms with Crippen molar-refractivity contribution in [1.82, 2.24) is 4.72 Å². The van der Waals surface area contributed by atoms with Gasteiger partial charge in [-0.15, -0.1) is 0 Å². The highest BCUT2D eigenvalue weighted by atomic mass is 35.5. The normalized spacial score (nSPS) is 18.4. The Balaban J connectivity index is 2.23. The second-order valence-corrected chi connectivity index (χ2v) is 7.17. The van der Waals surface area contributed by atoms with Crippen molar-refractivity contribution in [3.05, 3.63) is 29.0 Å². The van der Waals surface area contributed by atoms with Crippen LogP contribution in [0.3, 0.4) is 0 Å². The van der Waals surface area contributed by atoms with Crippen LogP contribution in [0.5, 0.6) is 0 Å². The van der Waals surface area contributed by atoms with Crippen molar-refractivity contribution in [1.29, 1.82) is 0 Å². The van der Waals surface area contributed by atoms with Gasteiger partial charge in [-0.05, 0) is 37.0 Å². The lowest BCUT2D eigenvalue weighted by atomic mass is 9.99. The Morgan fingerprint density at radius 1 is 1.40 bits per heavy atom. The van der Waals surface area contributed by atoms with Crippen LogP contribution < -0.4 is 10.5 Å². The van der Waals surface area contributed by atoms with Gasteiger partial charge in [-0.25, -0.2) is 17.5 Å². The van der Waals surface area contributed by atoms with E-state index in [4.69, 9.17) is 17.3 Å². The summed E-state index contributed by atoms with van der Waals surface area (Å²) in [4.78, 5) is -0.240. The second kappa shape index (κ2) is 6.39. The minimum atomic E-state index is -3.86. The van der Waals surface area contributed by atoms with Crippen LogP contribution in [0, 0.1) is 11.7 Å². The third kappa shape index (κ3) is 3.49. The molecular formula is C13H18ClFN2O2S. The SMILES string of the molecule is NCC(NS(=O)(=O)c1cc(F)ccc1Cl)C1CCCC1. The van der Waals surface area contributed by atoms with Crippen LogP contribution in [0.1, 0.15) is 25.7 Å². The molecule has 0 saturated heterocycles. The molecule has 3 N–H and O–H groups in total. The summed E-state index contributed by atoms with van der Waals surface area (Å²) in [5.74, 6) is -0.401. The first-order valence-corrected chi connectivity index (χ1v) is 8.47. The lowest BCUT2D eigenvalue weighted by Gasteiger charge is -2.23. The minimum Gasteiger partial charge on any atom is -0.329 e. The van der Waals surface area contributed by atoms with Crippen LogP contribution in [0.15, 0.2) is 23.1 Å². The number of rotatable bonds is 5. The third-order valence-corrected chi connectivity index (χ3v) is 5.68. The molecule has 0 amide bonds. The van der Waals surface area contributed by atoms with Gasteiger partial charge in [0.2, 0.25) is 10.0 Å². The van der Waals surface area contributed by atoms with Gasteiger partial charge in [0, 0.05) is 12.6 Å². The molecule has 1 fully saturated rings. The molecule has 0 spiro atoms. The highest BCUT2D eigenvalue weighted by Gasteiger charge is 2.29. The van der Waals surface area contributed by atoms with E-state index in [2.05, 4.69) is 4.72 Å². The number of nitrogens with two attached hydrogens (primary N) is 1. The summed E-state index contributed by atoms with van der Waals surface area (Å²) in [6, 6.07) is 2.95. The van der Waals surface area contributed by atoms with Crippen LogP contribution in [0.2, 0.25) is 5.02 Å². The first kappa shape index (κ1) is 15.7. The molecule has 1 aromatic carbocycles. The topological polar surface area (TPSA) is 72.2 Å². The second-order valence-electron chi connectivity index (χ2n) is 5.08. The lowest BCUT2D eigenvalue weighted by Crippen LogP contribution is -2.44. The molecule has 0 radical (unpaired) electrons. The monoisotopic (exact) mass is 320 g/mol. The molecule has 20 heavy (non-hydrogen) atoms. The molecule has 1 aliphatic carbocycles. The van der Waals surface area contributed by atoms with Crippen molar-refractivity contribution in [3.63, 3.8) is 0 Å². The van der Waals surface area contributed by atoms with Gasteiger partial charge in [-0.3, -0.25) is 0 Å². The summed E-state index contributed by atoms with van der Waals surface area (Å²) in [6.07, 6.45) is 4.09. The van der Waals surface area contributed by atoms with Gasteiger partial charge < -0.3 is 5.73 Å². The molecule has 2 rings (SSSR count). The van der Waals surface area contributed by atoms with Gasteiger partial charge in [-0.2, -0.15) is 0 Å². The smallest absolute Gasteiger partial charge is 0.242 e. The molecule has 4 nitrogen and oxygen atoms in total. The Morgan fingerprint density at radius 3 is 2.65 bits per heavy atom. The zero-order valence-electron chi connectivity index (χ0n) is 11.0. The van der Waals surface area contributed by atoms with Crippen LogP contribution in [0.4, 0.5) is 4.39 Å². The van der Waals surface area contributed by atoms with Gasteiger partial charge in [-0.1, -0.05) is 24.4 Å². The van der Waals surface area contributed by atoms with E-state index in [-0.39, 0.29) is 28.4 Å². The summed E-state index contributed by atoms with van der Waals surface area (Å²) in [5, 5.41) is 0.00101. The largest absolute Gasteiger partial charge is 0.329 e. The van der Waals surface area contributed by atoms with Gasteiger partial charge in [0.15, 0.2) is 0 Å². The lowest BCUT2D eigenvalue weighted by molar-refractivity contribution is 0.405. The Bertz CT molecular complexity index is 574. The molecule has 1 atom stereocenters. The fourth-order valence-corrected chi connectivity index (χ4v) is 4.47. The Kier molecular flexibility index (Phi) is 5.01. The zero-order valence-corrected chi connectivity index (χ0v) is 12.6. The first-order chi connectivity index (χ1) is 9.44. The van der Waals surface area contributed by atoms with Gasteiger partial charge in [0.05, 0.1) is 5.02 Å². The van der Waals surface area contributed by atoms with Crippen LogP contribution >= 0.6 is 11.6 Å². The molecular weight excluding hydrogens is 303 g/mol. The Morgan fingerprint density at radius 2 is 2.05 bits per heavy atom. The van der Waals surface area contributed by atoms with Gasteiger partial charge in [0.25, 0.3) is 0 Å². The van der Waals surface area contributed by atoms with Crippen molar-refractivity contribution in [2.24, 2.45) is 11.7 Å². The van der Waals surface area contributed by atoms with E-state index in [1.807, 2.05) is 0 Å². The van der Waals surface area contributed by atoms with Crippen LogP contribution in [0.25, 0.3) is 0 Å². The maximum atomic E-state index is 13.2. The molecule has 1 unspecified atom stereocenters. The summed E-state index contributed by atoms with van der Waals surface area (Å²) < 4.78 is 40.4. The van der Waals surface area contributed by atoms with Gasteiger partial charge in [0.1, 0.15) is 10.7 Å². The summed E-state index contributed by atoms with van der Waals surface area (Å²) in [6.45, 7) is 0.219. The fraction of sp³-hybridized carbons (Fsp3) is 0.538. The predicted molar refractivity (Wildman–Crippen MR) is 76.5 cm³/mol. The molecule has 1 saturated carbocycles. The standard InChI is InChI=1S/C13H18ClFN2O2S/c14-11-6-5-10(15)7-13(11)20(18,19)17-12(8-16)9-3-1-2-4-9/h5-7,9,12,17H,1-4,8,16H2. The maximum Gasteiger partial charge on any atom is 0.242 e. The molecule has 112 valence electrons. The molecule has 0 aliphatic heterocycles. The summed E-state index contributed by atoms with van der Waals surface area (Å²) in [5.41, 5.74) is 5.67. The quantitative estimate of drug-likeness (QED) is 0.874. The van der Waals surface area contributed by atoms with E-state index in [1.165, 1.54) is 6.07 Å². The molecule has 0 bridgehead atoms. The molecule has 0 heterocycles. The van der Waals surface area contributed by atoms with Crippen molar-refractivity contribution in [3.8, 4) is 0 Å². The molecule has 1 aliphatic rings. The van der Waals surface area contributed by atoms with E-state index >= 15 is 0 Å².